The van der Waals surface area contributed by atoms with E-state index in [4.69, 9.17) is 4.74 Å². The highest BCUT2D eigenvalue weighted by Gasteiger charge is 2.44. The third-order valence-corrected chi connectivity index (χ3v) is 5.24. The van der Waals surface area contributed by atoms with Crippen molar-refractivity contribution in [2.45, 2.75) is 32.2 Å². The van der Waals surface area contributed by atoms with Crippen molar-refractivity contribution in [3.05, 3.63) is 65.2 Å². The topological polar surface area (TPSA) is 66.8 Å². The number of carboxylic acids is 1. The van der Waals surface area contributed by atoms with Gasteiger partial charge in [0.05, 0.1) is 13.2 Å². The minimum absolute atomic E-state index is 0.0271. The second-order valence-electron chi connectivity index (χ2n) is 7.23. The van der Waals surface area contributed by atoms with Gasteiger partial charge in [0.15, 0.2) is 0 Å². The quantitative estimate of drug-likeness (QED) is 0.847. The van der Waals surface area contributed by atoms with Gasteiger partial charge in [0, 0.05) is 12.1 Å². The van der Waals surface area contributed by atoms with Crippen LogP contribution in [0.25, 0.3) is 0 Å². The maximum absolute atomic E-state index is 13.1. The van der Waals surface area contributed by atoms with E-state index in [0.29, 0.717) is 24.1 Å². The first kappa shape index (κ1) is 19.0. The van der Waals surface area contributed by atoms with Gasteiger partial charge in [-0.25, -0.2) is 0 Å². The number of rotatable bonds is 6. The first-order valence-corrected chi connectivity index (χ1v) is 9.19. The minimum atomic E-state index is -0.886. The Labute approximate surface area is 159 Å². The summed E-state index contributed by atoms with van der Waals surface area (Å²) >= 11 is 0. The van der Waals surface area contributed by atoms with Crippen molar-refractivity contribution in [1.29, 1.82) is 0 Å². The molecule has 1 aliphatic heterocycles. The number of hydrogen-bond acceptors (Lipinski definition) is 3. The van der Waals surface area contributed by atoms with Gasteiger partial charge in [-0.2, -0.15) is 0 Å². The average Bonchev–Trinajstić information content (AvgIpc) is 2.67. The zero-order chi connectivity index (χ0) is 19.6. The summed E-state index contributed by atoms with van der Waals surface area (Å²) in [4.78, 5) is 27.0. The van der Waals surface area contributed by atoms with Crippen LogP contribution in [0.15, 0.2) is 48.5 Å². The SMILES string of the molecule is COc1ccc(CCN2C(=O)c3ccccc3C(C(=O)O)C2C(C)C)cc1. The van der Waals surface area contributed by atoms with Crippen LogP contribution in [0, 0.1) is 5.92 Å². The molecule has 0 radical (unpaired) electrons. The molecule has 1 N–H and O–H groups in total. The highest BCUT2D eigenvalue weighted by molar-refractivity contribution is 6.00. The molecule has 142 valence electrons. The number of carbonyl (C=O) groups is 2. The number of carboxylic acid groups (broad SMARTS) is 1. The van der Waals surface area contributed by atoms with Gasteiger partial charge in [-0.3, -0.25) is 9.59 Å². The minimum Gasteiger partial charge on any atom is -0.497 e. The fourth-order valence-electron chi connectivity index (χ4n) is 3.93. The van der Waals surface area contributed by atoms with Crippen LogP contribution < -0.4 is 4.74 Å². The first-order valence-electron chi connectivity index (χ1n) is 9.19. The second-order valence-corrected chi connectivity index (χ2v) is 7.23. The molecule has 27 heavy (non-hydrogen) atoms. The Kier molecular flexibility index (Phi) is 5.49. The van der Waals surface area contributed by atoms with Crippen LogP contribution in [0.1, 0.15) is 41.3 Å². The molecular weight excluding hydrogens is 342 g/mol. The molecule has 2 atom stereocenters. The van der Waals surface area contributed by atoms with Crippen molar-refractivity contribution in [1.82, 2.24) is 4.90 Å². The summed E-state index contributed by atoms with van der Waals surface area (Å²) in [6.07, 6.45) is 0.660. The molecule has 1 amide bonds. The molecule has 1 heterocycles. The lowest BCUT2D eigenvalue weighted by atomic mass is 9.78. The summed E-state index contributed by atoms with van der Waals surface area (Å²) in [5.74, 6) is -0.875. The normalized spacial score (nSPS) is 19.1. The number of carbonyl (C=O) groups excluding carboxylic acids is 1. The molecule has 0 aromatic heterocycles. The van der Waals surface area contributed by atoms with E-state index in [1.54, 1.807) is 36.3 Å². The second kappa shape index (κ2) is 7.82. The molecule has 0 spiro atoms. The lowest BCUT2D eigenvalue weighted by molar-refractivity contribution is -0.141. The zero-order valence-corrected chi connectivity index (χ0v) is 15.9. The summed E-state index contributed by atoms with van der Waals surface area (Å²) in [5.41, 5.74) is 2.20. The van der Waals surface area contributed by atoms with E-state index >= 15 is 0 Å². The maximum Gasteiger partial charge on any atom is 0.313 e. The number of fused-ring (bicyclic) bond motifs is 1. The third-order valence-electron chi connectivity index (χ3n) is 5.24. The van der Waals surface area contributed by atoms with Crippen LogP contribution in [0.2, 0.25) is 0 Å². The van der Waals surface area contributed by atoms with Gasteiger partial charge in [0.2, 0.25) is 0 Å². The monoisotopic (exact) mass is 367 g/mol. The van der Waals surface area contributed by atoms with Crippen molar-refractivity contribution >= 4 is 11.9 Å². The number of aliphatic carboxylic acids is 1. The molecule has 1 aliphatic rings. The lowest BCUT2D eigenvalue weighted by Gasteiger charge is -2.42. The largest absolute Gasteiger partial charge is 0.497 e. The lowest BCUT2D eigenvalue weighted by Crippen LogP contribution is -2.53. The molecule has 5 nitrogen and oxygen atoms in total. The van der Waals surface area contributed by atoms with Crippen molar-refractivity contribution in [2.75, 3.05) is 13.7 Å². The number of amides is 1. The predicted molar refractivity (Wildman–Crippen MR) is 103 cm³/mol. The number of hydrogen-bond donors (Lipinski definition) is 1. The standard InChI is InChI=1S/C22H25NO4/c1-14(2)20-19(22(25)26)17-6-4-5-7-18(17)21(24)23(20)13-12-15-8-10-16(27-3)11-9-15/h4-11,14,19-20H,12-13H2,1-3H3,(H,25,26). The van der Waals surface area contributed by atoms with E-state index < -0.39 is 11.9 Å². The molecule has 2 aromatic rings. The molecule has 0 bridgehead atoms. The Bertz CT molecular complexity index is 828. The van der Waals surface area contributed by atoms with Crippen LogP contribution in [0.5, 0.6) is 5.75 Å². The fourth-order valence-corrected chi connectivity index (χ4v) is 3.93. The highest BCUT2D eigenvalue weighted by atomic mass is 16.5. The number of nitrogens with zero attached hydrogens (tertiary/aromatic N) is 1. The molecule has 0 aliphatic carbocycles. The number of methoxy groups -OCH3 is 1. The Morgan fingerprint density at radius 2 is 1.81 bits per heavy atom. The summed E-state index contributed by atoms with van der Waals surface area (Å²) in [7, 11) is 1.62. The van der Waals surface area contributed by atoms with E-state index in [1.807, 2.05) is 38.1 Å². The van der Waals surface area contributed by atoms with Crippen LogP contribution in [-0.2, 0) is 11.2 Å². The van der Waals surface area contributed by atoms with Crippen molar-refractivity contribution in [2.24, 2.45) is 5.92 Å². The number of ether oxygens (including phenoxy) is 1. The third kappa shape index (κ3) is 3.68. The highest BCUT2D eigenvalue weighted by Crippen LogP contribution is 2.37. The molecule has 0 saturated carbocycles. The van der Waals surface area contributed by atoms with Gasteiger partial charge in [0.1, 0.15) is 11.7 Å². The van der Waals surface area contributed by atoms with Crippen LogP contribution in [-0.4, -0.2) is 41.6 Å². The van der Waals surface area contributed by atoms with E-state index in [-0.39, 0.29) is 17.9 Å². The van der Waals surface area contributed by atoms with Gasteiger partial charge in [0.25, 0.3) is 5.91 Å². The van der Waals surface area contributed by atoms with E-state index in [2.05, 4.69) is 0 Å². The predicted octanol–water partition coefficient (Wildman–Crippen LogP) is 3.59. The van der Waals surface area contributed by atoms with Crippen LogP contribution >= 0.6 is 0 Å². The van der Waals surface area contributed by atoms with Gasteiger partial charge in [-0.05, 0) is 41.7 Å². The maximum atomic E-state index is 13.1. The Hall–Kier alpha value is -2.82. The van der Waals surface area contributed by atoms with E-state index in [1.165, 1.54) is 0 Å². The summed E-state index contributed by atoms with van der Waals surface area (Å²) < 4.78 is 5.18. The summed E-state index contributed by atoms with van der Waals surface area (Å²) in [6, 6.07) is 14.4. The van der Waals surface area contributed by atoms with Crippen molar-refractivity contribution < 1.29 is 19.4 Å². The average molecular weight is 367 g/mol. The number of benzene rings is 2. The van der Waals surface area contributed by atoms with Crippen molar-refractivity contribution in [3.8, 4) is 5.75 Å². The zero-order valence-electron chi connectivity index (χ0n) is 15.9. The Balaban J connectivity index is 1.92. The Morgan fingerprint density at radius 1 is 1.15 bits per heavy atom. The first-order chi connectivity index (χ1) is 12.9. The molecule has 0 saturated heterocycles. The van der Waals surface area contributed by atoms with Gasteiger partial charge in [-0.15, -0.1) is 0 Å². The fraction of sp³-hybridized carbons (Fsp3) is 0.364. The Morgan fingerprint density at radius 3 is 2.41 bits per heavy atom. The summed E-state index contributed by atoms with van der Waals surface area (Å²) in [5, 5.41) is 9.90. The molecule has 0 fully saturated rings. The van der Waals surface area contributed by atoms with Gasteiger partial charge in [-0.1, -0.05) is 44.2 Å². The van der Waals surface area contributed by atoms with Crippen LogP contribution in [0.4, 0.5) is 0 Å². The van der Waals surface area contributed by atoms with Crippen molar-refractivity contribution in [3.63, 3.8) is 0 Å². The van der Waals surface area contributed by atoms with Crippen LogP contribution in [0.3, 0.4) is 0 Å². The van der Waals surface area contributed by atoms with Gasteiger partial charge < -0.3 is 14.7 Å². The molecule has 3 rings (SSSR count). The smallest absolute Gasteiger partial charge is 0.313 e. The molecule has 2 aromatic carbocycles. The van der Waals surface area contributed by atoms with Gasteiger partial charge >= 0.3 is 5.97 Å². The van der Waals surface area contributed by atoms with E-state index in [0.717, 1.165) is 11.3 Å². The summed E-state index contributed by atoms with van der Waals surface area (Å²) in [6.45, 7) is 4.43. The van der Waals surface area contributed by atoms with E-state index in [9.17, 15) is 14.7 Å². The molecule has 2 unspecified atom stereocenters. The molecular formula is C22H25NO4. The molecule has 5 heteroatoms.